The Kier molecular flexibility index (Phi) is 5.03. The van der Waals surface area contributed by atoms with Gasteiger partial charge in [0, 0.05) is 0 Å². The lowest BCUT2D eigenvalue weighted by atomic mass is 10.1. The Morgan fingerprint density at radius 2 is 1.46 bits per heavy atom. The van der Waals surface area contributed by atoms with Crippen LogP contribution in [0.5, 0.6) is 0 Å². The second-order valence-corrected chi connectivity index (χ2v) is 6.14. The zero-order valence-corrected chi connectivity index (χ0v) is 13.7. The molecule has 24 heavy (non-hydrogen) atoms. The van der Waals surface area contributed by atoms with Crippen molar-refractivity contribution in [2.45, 2.75) is 6.42 Å². The third-order valence-electron chi connectivity index (χ3n) is 3.40. The van der Waals surface area contributed by atoms with E-state index < -0.39 is 0 Å². The van der Waals surface area contributed by atoms with Crippen LogP contribution in [0.2, 0.25) is 0 Å². The number of hydrogen-bond acceptors (Lipinski definition) is 3. The van der Waals surface area contributed by atoms with Crippen LogP contribution in [0.4, 0.5) is 11.4 Å². The van der Waals surface area contributed by atoms with Crippen LogP contribution in [-0.4, -0.2) is 11.8 Å². The topological polar surface area (TPSA) is 58.2 Å². The number of rotatable bonds is 5. The lowest BCUT2D eigenvalue weighted by molar-refractivity contribution is -0.115. The van der Waals surface area contributed by atoms with Crippen LogP contribution in [0.25, 0.3) is 0 Å². The molecule has 0 atom stereocenters. The van der Waals surface area contributed by atoms with Crippen LogP contribution in [0.3, 0.4) is 0 Å². The zero-order chi connectivity index (χ0) is 16.8. The molecule has 0 aliphatic rings. The van der Waals surface area contributed by atoms with E-state index in [4.69, 9.17) is 0 Å². The first kappa shape index (κ1) is 16.0. The van der Waals surface area contributed by atoms with Crippen molar-refractivity contribution in [2.75, 3.05) is 10.6 Å². The van der Waals surface area contributed by atoms with E-state index in [1.165, 1.54) is 11.3 Å². The highest BCUT2D eigenvalue weighted by Crippen LogP contribution is 2.22. The van der Waals surface area contributed by atoms with Crippen molar-refractivity contribution in [3.05, 3.63) is 82.6 Å². The molecule has 0 aliphatic carbocycles. The fourth-order valence-electron chi connectivity index (χ4n) is 2.27. The smallest absolute Gasteiger partial charge is 0.265 e. The highest BCUT2D eigenvalue weighted by Gasteiger charge is 2.11. The first-order valence-electron chi connectivity index (χ1n) is 7.50. The van der Waals surface area contributed by atoms with Gasteiger partial charge in [0.1, 0.15) is 0 Å². The van der Waals surface area contributed by atoms with Crippen molar-refractivity contribution < 1.29 is 9.59 Å². The van der Waals surface area contributed by atoms with E-state index >= 15 is 0 Å². The van der Waals surface area contributed by atoms with Crippen molar-refractivity contribution >= 4 is 34.5 Å². The van der Waals surface area contributed by atoms with Crippen LogP contribution >= 0.6 is 11.3 Å². The zero-order valence-electron chi connectivity index (χ0n) is 12.9. The lowest BCUT2D eigenvalue weighted by Crippen LogP contribution is -2.17. The Hall–Kier alpha value is -2.92. The van der Waals surface area contributed by atoms with Gasteiger partial charge >= 0.3 is 0 Å². The van der Waals surface area contributed by atoms with E-state index in [1.54, 1.807) is 18.2 Å². The van der Waals surface area contributed by atoms with Gasteiger partial charge in [-0.2, -0.15) is 0 Å². The van der Waals surface area contributed by atoms with Crippen molar-refractivity contribution in [1.82, 2.24) is 0 Å². The Morgan fingerprint density at radius 3 is 2.12 bits per heavy atom. The van der Waals surface area contributed by atoms with Gasteiger partial charge in [-0.15, -0.1) is 11.3 Å². The van der Waals surface area contributed by atoms with Crippen molar-refractivity contribution in [2.24, 2.45) is 0 Å². The second-order valence-electron chi connectivity index (χ2n) is 5.19. The highest BCUT2D eigenvalue weighted by atomic mass is 32.1. The highest BCUT2D eigenvalue weighted by molar-refractivity contribution is 7.12. The van der Waals surface area contributed by atoms with E-state index in [0.717, 1.165) is 5.56 Å². The van der Waals surface area contributed by atoms with Crippen molar-refractivity contribution in [1.29, 1.82) is 0 Å². The maximum atomic E-state index is 12.2. The molecule has 0 fully saturated rings. The normalized spacial score (nSPS) is 10.2. The number of benzene rings is 2. The first-order chi connectivity index (χ1) is 11.7. The number of thiophene rings is 1. The molecule has 1 aromatic heterocycles. The Bertz CT molecular complexity index is 830. The lowest BCUT2D eigenvalue weighted by Gasteiger charge is -2.12. The molecule has 4 nitrogen and oxygen atoms in total. The van der Waals surface area contributed by atoms with Gasteiger partial charge in [-0.05, 0) is 29.1 Å². The summed E-state index contributed by atoms with van der Waals surface area (Å²) in [6.45, 7) is 0. The van der Waals surface area contributed by atoms with Gasteiger partial charge in [0.15, 0.2) is 0 Å². The number of para-hydroxylation sites is 2. The SMILES string of the molecule is O=C(Cc1ccccc1)Nc1ccccc1NC(=O)c1cccs1. The minimum atomic E-state index is -0.185. The molecule has 0 radical (unpaired) electrons. The second kappa shape index (κ2) is 7.57. The molecular weight excluding hydrogens is 320 g/mol. The van der Waals surface area contributed by atoms with Gasteiger partial charge in [0.05, 0.1) is 22.7 Å². The third-order valence-corrected chi connectivity index (χ3v) is 4.27. The summed E-state index contributed by atoms with van der Waals surface area (Å²) in [6.07, 6.45) is 0.286. The van der Waals surface area contributed by atoms with Gasteiger partial charge in [-0.1, -0.05) is 48.5 Å². The van der Waals surface area contributed by atoms with Gasteiger partial charge < -0.3 is 10.6 Å². The molecule has 2 amide bonds. The monoisotopic (exact) mass is 336 g/mol. The molecule has 1 heterocycles. The molecule has 3 rings (SSSR count). The summed E-state index contributed by atoms with van der Waals surface area (Å²) >= 11 is 1.37. The maximum absolute atomic E-state index is 12.2. The Morgan fingerprint density at radius 1 is 0.792 bits per heavy atom. The predicted molar refractivity (Wildman–Crippen MR) is 97.5 cm³/mol. The number of anilines is 2. The molecule has 0 bridgehead atoms. The molecule has 3 aromatic rings. The average molecular weight is 336 g/mol. The molecule has 0 spiro atoms. The molecule has 2 N–H and O–H groups in total. The minimum absolute atomic E-state index is 0.126. The molecule has 120 valence electrons. The van der Waals surface area contributed by atoms with Crippen LogP contribution in [0.15, 0.2) is 72.1 Å². The van der Waals surface area contributed by atoms with Gasteiger partial charge in [-0.3, -0.25) is 9.59 Å². The molecule has 5 heteroatoms. The maximum Gasteiger partial charge on any atom is 0.265 e. The van der Waals surface area contributed by atoms with Gasteiger partial charge in [0.2, 0.25) is 5.91 Å². The third kappa shape index (κ3) is 4.08. The van der Waals surface area contributed by atoms with Gasteiger partial charge in [-0.25, -0.2) is 0 Å². The average Bonchev–Trinajstić information content (AvgIpc) is 3.12. The summed E-state index contributed by atoms with van der Waals surface area (Å²) in [6, 6.07) is 20.3. The summed E-state index contributed by atoms with van der Waals surface area (Å²) < 4.78 is 0. The summed E-state index contributed by atoms with van der Waals surface area (Å²) in [5, 5.41) is 7.55. The Balaban J connectivity index is 1.70. The van der Waals surface area contributed by atoms with Crippen LogP contribution < -0.4 is 10.6 Å². The van der Waals surface area contributed by atoms with Crippen LogP contribution in [0, 0.1) is 0 Å². The van der Waals surface area contributed by atoms with E-state index in [2.05, 4.69) is 10.6 Å². The van der Waals surface area contributed by atoms with E-state index in [-0.39, 0.29) is 18.2 Å². The summed E-state index contributed by atoms with van der Waals surface area (Å²) in [5.74, 6) is -0.311. The molecule has 0 unspecified atom stereocenters. The van der Waals surface area contributed by atoms with Gasteiger partial charge in [0.25, 0.3) is 5.91 Å². The van der Waals surface area contributed by atoms with E-state index in [1.807, 2.05) is 53.9 Å². The summed E-state index contributed by atoms with van der Waals surface area (Å²) in [7, 11) is 0. The number of amides is 2. The largest absolute Gasteiger partial charge is 0.324 e. The summed E-state index contributed by atoms with van der Waals surface area (Å²) in [4.78, 5) is 25.0. The fourth-order valence-corrected chi connectivity index (χ4v) is 2.89. The quantitative estimate of drug-likeness (QED) is 0.734. The molecule has 0 saturated heterocycles. The van der Waals surface area contributed by atoms with E-state index in [9.17, 15) is 9.59 Å². The minimum Gasteiger partial charge on any atom is -0.324 e. The molecular formula is C19H16N2O2S. The first-order valence-corrected chi connectivity index (χ1v) is 8.38. The molecule has 0 saturated carbocycles. The Labute approximate surface area is 144 Å². The number of nitrogens with one attached hydrogen (secondary N) is 2. The van der Waals surface area contributed by atoms with Crippen molar-refractivity contribution in [3.8, 4) is 0 Å². The van der Waals surface area contributed by atoms with Crippen LogP contribution in [0.1, 0.15) is 15.2 Å². The predicted octanol–water partition coefficient (Wildman–Crippen LogP) is 4.18. The number of carbonyl (C=O) groups excluding carboxylic acids is 2. The van der Waals surface area contributed by atoms with Crippen molar-refractivity contribution in [3.63, 3.8) is 0 Å². The number of carbonyl (C=O) groups is 2. The number of hydrogen-bond donors (Lipinski definition) is 2. The fraction of sp³-hybridized carbons (Fsp3) is 0.0526. The molecule has 2 aromatic carbocycles. The molecule has 0 aliphatic heterocycles. The van der Waals surface area contributed by atoms with E-state index in [0.29, 0.717) is 16.3 Å². The standard InChI is InChI=1S/C19H16N2O2S/c22-18(13-14-7-2-1-3-8-14)20-15-9-4-5-10-16(15)21-19(23)17-11-6-12-24-17/h1-12H,13H2,(H,20,22)(H,21,23). The van der Waals surface area contributed by atoms with Crippen LogP contribution in [-0.2, 0) is 11.2 Å². The summed E-state index contributed by atoms with van der Waals surface area (Å²) in [5.41, 5.74) is 2.11.